The Hall–Kier alpha value is -2.92. The summed E-state index contributed by atoms with van der Waals surface area (Å²) in [4.78, 5) is 13.0. The molecule has 1 atom stereocenters. The maximum absolute atomic E-state index is 12.7. The lowest BCUT2D eigenvalue weighted by Gasteiger charge is -2.17. The van der Waals surface area contributed by atoms with E-state index in [-0.39, 0.29) is 22.6 Å². The summed E-state index contributed by atoms with van der Waals surface area (Å²) in [5.74, 6) is 0.649. The molecule has 0 bridgehead atoms. The van der Waals surface area contributed by atoms with E-state index in [1.54, 1.807) is 12.1 Å². The number of nitrogen functional groups attached to an aromatic ring is 1. The number of thioether (sulfide) groups is 1. The molecule has 0 aliphatic heterocycles. The quantitative estimate of drug-likeness (QED) is 0.303. The van der Waals surface area contributed by atoms with Crippen molar-refractivity contribution in [3.05, 3.63) is 64.7 Å². The molecule has 8 nitrogen and oxygen atoms in total. The van der Waals surface area contributed by atoms with Crippen molar-refractivity contribution >= 4 is 62.7 Å². The fourth-order valence-corrected chi connectivity index (χ4v) is 5.66. The van der Waals surface area contributed by atoms with Gasteiger partial charge in [0.1, 0.15) is 11.0 Å². The molecule has 5 rings (SSSR count). The van der Waals surface area contributed by atoms with Gasteiger partial charge in [0, 0.05) is 5.39 Å². The minimum absolute atomic E-state index is 0.0656. The number of aryl methyl sites for hydroxylation is 1. The summed E-state index contributed by atoms with van der Waals surface area (Å²) in [6.07, 6.45) is 2.43. The van der Waals surface area contributed by atoms with Crippen LogP contribution in [0.5, 0.6) is 0 Å². The largest absolute Gasteiger partial charge is 0.368 e. The number of benzene rings is 3. The van der Waals surface area contributed by atoms with Crippen LogP contribution in [-0.4, -0.2) is 30.6 Å². The second-order valence-electron chi connectivity index (χ2n) is 8.40. The summed E-state index contributed by atoms with van der Waals surface area (Å²) in [5.41, 5.74) is 10.0. The van der Waals surface area contributed by atoms with Crippen molar-refractivity contribution in [3.63, 3.8) is 0 Å². The summed E-state index contributed by atoms with van der Waals surface area (Å²) >= 11 is 7.43. The monoisotopic (exact) mass is 526 g/mol. The molecule has 5 N–H and O–H groups in total. The van der Waals surface area contributed by atoms with Crippen LogP contribution in [0, 0.1) is 6.92 Å². The molecule has 11 heteroatoms. The van der Waals surface area contributed by atoms with Gasteiger partial charge in [-0.2, -0.15) is 0 Å². The molecule has 1 amide bonds. The number of nitrogens with one attached hydrogen (secondary N) is 1. The van der Waals surface area contributed by atoms with E-state index in [1.165, 1.54) is 41.6 Å². The van der Waals surface area contributed by atoms with Gasteiger partial charge < -0.3 is 11.1 Å². The van der Waals surface area contributed by atoms with Gasteiger partial charge in [0.05, 0.1) is 27.0 Å². The number of aromatic nitrogens is 3. The van der Waals surface area contributed by atoms with Gasteiger partial charge in [0.2, 0.25) is 11.9 Å². The number of hydrogen-bond acceptors (Lipinski definition) is 6. The summed E-state index contributed by atoms with van der Waals surface area (Å²) in [7, 11) is -1.65. The molecule has 1 aliphatic carbocycles. The molecule has 4 aromatic rings. The first-order valence-electron chi connectivity index (χ1n) is 11.0. The number of amides is 1. The van der Waals surface area contributed by atoms with Crippen LogP contribution >= 0.6 is 23.4 Å². The third-order valence-corrected chi connectivity index (χ3v) is 7.88. The van der Waals surface area contributed by atoms with Crippen molar-refractivity contribution in [1.29, 1.82) is 0 Å². The van der Waals surface area contributed by atoms with Crippen LogP contribution in [0.25, 0.3) is 16.5 Å². The Morgan fingerprint density at radius 3 is 2.63 bits per heavy atom. The number of nitrogens with two attached hydrogens (primary N) is 2. The molecule has 0 radical (unpaired) electrons. The van der Waals surface area contributed by atoms with Gasteiger partial charge in [-0.3, -0.25) is 9.36 Å². The van der Waals surface area contributed by atoms with Crippen LogP contribution in [-0.2, 0) is 15.8 Å². The third kappa shape index (κ3) is 4.79. The zero-order valence-electron chi connectivity index (χ0n) is 18.8. The molecule has 0 spiro atoms. The topological polar surface area (TPSA) is 129 Å². The molecule has 1 heterocycles. The zero-order chi connectivity index (χ0) is 24.7. The van der Waals surface area contributed by atoms with Crippen molar-refractivity contribution in [3.8, 4) is 5.69 Å². The smallest absolute Gasteiger partial charge is 0.234 e. The summed E-state index contributed by atoms with van der Waals surface area (Å²) in [6.45, 7) is 2.06. The standard InChI is InChI=1S/C24H23ClN6O2S2/c1-13-10-18(14-6-7-14)16-4-2-3-5-17(16)22(13)31-23(26)29-30-24(31)34-12-21(32)28-20-9-8-15(35(27)33)11-19(20)25/h2-5,8-11,14H,6-7,12,27H2,1H3,(H2,26,29)(H,28,32). The highest BCUT2D eigenvalue weighted by Crippen LogP contribution is 2.45. The first-order valence-corrected chi connectivity index (χ1v) is 13.5. The zero-order valence-corrected chi connectivity index (χ0v) is 21.2. The molecule has 1 fully saturated rings. The van der Waals surface area contributed by atoms with Crippen LogP contribution in [0.4, 0.5) is 11.6 Å². The molecular formula is C24H23ClN6O2S2. The minimum atomic E-state index is -1.65. The van der Waals surface area contributed by atoms with E-state index in [0.29, 0.717) is 21.7 Å². The molecule has 3 aromatic carbocycles. The number of halogens is 1. The molecule has 1 aromatic heterocycles. The molecule has 0 saturated heterocycles. The highest BCUT2D eigenvalue weighted by molar-refractivity contribution is 7.99. The molecule has 180 valence electrons. The van der Waals surface area contributed by atoms with Gasteiger partial charge in [-0.1, -0.05) is 53.7 Å². The number of nitrogens with zero attached hydrogens (tertiary/aromatic N) is 3. The third-order valence-electron chi connectivity index (χ3n) is 5.92. The summed E-state index contributed by atoms with van der Waals surface area (Å²) in [5, 5.41) is 19.5. The van der Waals surface area contributed by atoms with Gasteiger partial charge in [-0.25, -0.2) is 9.35 Å². The molecule has 35 heavy (non-hydrogen) atoms. The van der Waals surface area contributed by atoms with Crippen LogP contribution in [0.1, 0.15) is 29.9 Å². The van der Waals surface area contributed by atoms with Crippen LogP contribution in [0.3, 0.4) is 0 Å². The Kier molecular flexibility index (Phi) is 6.54. The maximum atomic E-state index is 12.7. The Morgan fingerprint density at radius 1 is 1.20 bits per heavy atom. The van der Waals surface area contributed by atoms with Gasteiger partial charge in [0.15, 0.2) is 5.16 Å². The number of carbonyl (C=O) groups excluding carboxylic acids is 1. The second-order valence-corrected chi connectivity index (χ2v) is 10.8. The van der Waals surface area contributed by atoms with E-state index in [2.05, 4.69) is 40.6 Å². The number of rotatable bonds is 7. The predicted octanol–water partition coefficient (Wildman–Crippen LogP) is 4.55. The Morgan fingerprint density at radius 2 is 1.94 bits per heavy atom. The van der Waals surface area contributed by atoms with Crippen LogP contribution in [0.2, 0.25) is 5.02 Å². The van der Waals surface area contributed by atoms with Gasteiger partial charge in [-0.05, 0) is 60.4 Å². The first kappa shape index (κ1) is 23.8. The molecule has 1 unspecified atom stereocenters. The lowest BCUT2D eigenvalue weighted by Crippen LogP contribution is -2.15. The van der Waals surface area contributed by atoms with E-state index in [4.69, 9.17) is 22.5 Å². The van der Waals surface area contributed by atoms with Gasteiger partial charge >= 0.3 is 0 Å². The van der Waals surface area contributed by atoms with Crippen molar-refractivity contribution in [2.75, 3.05) is 16.8 Å². The summed E-state index contributed by atoms with van der Waals surface area (Å²) < 4.78 is 13.2. The number of fused-ring (bicyclic) bond motifs is 1. The average molecular weight is 527 g/mol. The highest BCUT2D eigenvalue weighted by Gasteiger charge is 2.27. The first-order chi connectivity index (χ1) is 16.8. The normalized spacial score (nSPS) is 14.3. The van der Waals surface area contributed by atoms with Crippen LogP contribution in [0.15, 0.2) is 58.6 Å². The van der Waals surface area contributed by atoms with E-state index < -0.39 is 11.0 Å². The fraction of sp³-hybridized carbons (Fsp3) is 0.208. The van der Waals surface area contributed by atoms with Crippen LogP contribution < -0.4 is 16.2 Å². The lowest BCUT2D eigenvalue weighted by atomic mass is 9.96. The number of carbonyl (C=O) groups is 1. The highest BCUT2D eigenvalue weighted by atomic mass is 35.5. The lowest BCUT2D eigenvalue weighted by molar-refractivity contribution is -0.113. The minimum Gasteiger partial charge on any atom is -0.368 e. The number of anilines is 2. The molecule has 1 saturated carbocycles. The van der Waals surface area contributed by atoms with Crippen molar-refractivity contribution in [1.82, 2.24) is 14.8 Å². The second kappa shape index (κ2) is 9.62. The van der Waals surface area contributed by atoms with Gasteiger partial charge in [0.25, 0.3) is 0 Å². The number of hydrogen-bond donors (Lipinski definition) is 3. The Labute approximate surface area is 214 Å². The van der Waals surface area contributed by atoms with Crippen molar-refractivity contribution in [2.45, 2.75) is 35.7 Å². The van der Waals surface area contributed by atoms with Crippen molar-refractivity contribution in [2.24, 2.45) is 5.14 Å². The fourth-order valence-electron chi connectivity index (χ4n) is 4.19. The molecular weight excluding hydrogens is 504 g/mol. The van der Waals surface area contributed by atoms with E-state index in [9.17, 15) is 9.00 Å². The van der Waals surface area contributed by atoms with Crippen molar-refractivity contribution < 1.29 is 9.00 Å². The molecule has 1 aliphatic rings. The van der Waals surface area contributed by atoms with E-state index >= 15 is 0 Å². The SMILES string of the molecule is Cc1cc(C2CC2)c2ccccc2c1-n1c(N)nnc1SCC(=O)Nc1ccc(S(N)=O)cc1Cl. The summed E-state index contributed by atoms with van der Waals surface area (Å²) in [6, 6.07) is 15.1. The average Bonchev–Trinajstić information content (AvgIpc) is 3.62. The Bertz CT molecular complexity index is 1480. The Balaban J connectivity index is 1.41. The maximum Gasteiger partial charge on any atom is 0.234 e. The van der Waals surface area contributed by atoms with E-state index in [0.717, 1.165) is 16.6 Å². The predicted molar refractivity (Wildman–Crippen MR) is 141 cm³/mol. The van der Waals surface area contributed by atoms with E-state index in [1.807, 2.05) is 16.7 Å². The van der Waals surface area contributed by atoms with Gasteiger partial charge in [-0.15, -0.1) is 10.2 Å².